The summed E-state index contributed by atoms with van der Waals surface area (Å²) in [7, 11) is 7.34. The summed E-state index contributed by atoms with van der Waals surface area (Å²) in [6.45, 7) is 9.61. The van der Waals surface area contributed by atoms with Crippen LogP contribution in [0.25, 0.3) is 0 Å². The molecule has 0 aromatic rings. The third-order valence-electron chi connectivity index (χ3n) is 6.62. The summed E-state index contributed by atoms with van der Waals surface area (Å²) in [4.78, 5) is 2.77. The van der Waals surface area contributed by atoms with Gasteiger partial charge in [-0.15, -0.1) is 0 Å². The van der Waals surface area contributed by atoms with Crippen LogP contribution in [0, 0.1) is 0 Å². The number of likely N-dealkylation sites (N-methyl/N-ethyl adjacent to an activating group) is 2. The maximum atomic E-state index is 5.51. The molecule has 0 N–H and O–H groups in total. The van der Waals surface area contributed by atoms with E-state index in [1.165, 1.54) is 73.9 Å². The Morgan fingerprint density at radius 1 is 0.957 bits per heavy atom. The molecule has 0 aromatic heterocycles. The molecule has 2 bridgehead atoms. The van der Waals surface area contributed by atoms with E-state index in [9.17, 15) is 0 Å². The molecule has 2 unspecified atom stereocenters. The van der Waals surface area contributed by atoms with Gasteiger partial charge in [0.15, 0.2) is 0 Å². The monoisotopic (exact) mass is 551 g/mol. The molecule has 0 saturated carbocycles. The van der Waals surface area contributed by atoms with Gasteiger partial charge in [-0.05, 0) is 6.42 Å². The van der Waals surface area contributed by atoms with Crippen LogP contribution >= 0.6 is 0 Å². The van der Waals surface area contributed by atoms with E-state index in [1.54, 1.807) is 0 Å². The molecule has 138 valence electrons. The summed E-state index contributed by atoms with van der Waals surface area (Å²) < 4.78 is 8.01. The molecule has 6 heteroatoms. The number of quaternary nitrogens is 2. The van der Waals surface area contributed by atoms with Crippen molar-refractivity contribution in [2.24, 2.45) is 0 Å². The summed E-state index contributed by atoms with van der Waals surface area (Å²) in [5.41, 5.74) is 0. The van der Waals surface area contributed by atoms with Crippen LogP contribution in [-0.2, 0) is 4.74 Å². The lowest BCUT2D eigenvalue weighted by molar-refractivity contribution is -0.948. The molecule has 4 nitrogen and oxygen atoms in total. The Hall–Kier alpha value is 1.30. The normalized spacial score (nSPS) is 32.5. The molecule has 3 saturated heterocycles. The molecule has 3 aliphatic heterocycles. The first kappa shape index (κ1) is 22.3. The molecule has 2 atom stereocenters. The van der Waals surface area contributed by atoms with Crippen LogP contribution in [0.1, 0.15) is 25.7 Å². The third kappa shape index (κ3) is 5.39. The average Bonchev–Trinajstić information content (AvgIpc) is 2.40. The lowest BCUT2D eigenvalue weighted by atomic mass is 9.89. The van der Waals surface area contributed by atoms with Crippen LogP contribution in [0.5, 0.6) is 0 Å². The number of ether oxygens (including phenoxy) is 1. The van der Waals surface area contributed by atoms with Crippen molar-refractivity contribution in [3.05, 3.63) is 0 Å². The van der Waals surface area contributed by atoms with Gasteiger partial charge in [0, 0.05) is 25.8 Å². The molecule has 0 aromatic carbocycles. The number of rotatable bonds is 4. The number of likely N-dealkylation sites (tertiary alicyclic amines) is 1. The van der Waals surface area contributed by atoms with Crippen LogP contribution in [0.4, 0.5) is 0 Å². The van der Waals surface area contributed by atoms with Gasteiger partial charge in [-0.25, -0.2) is 0 Å². The SMILES string of the molecule is C[N+]1(CCCN2CC3CCCC(C2)[N+]3(C)C)CCOCC1.[I-].[I-]. The van der Waals surface area contributed by atoms with Crippen molar-refractivity contribution in [3.8, 4) is 0 Å². The summed E-state index contributed by atoms with van der Waals surface area (Å²) in [6, 6.07) is 1.76. The fourth-order valence-electron chi connectivity index (χ4n) is 4.69. The maximum Gasteiger partial charge on any atom is 0.102 e. The number of halogens is 2. The predicted octanol–water partition coefficient (Wildman–Crippen LogP) is -4.83. The topological polar surface area (TPSA) is 12.5 Å². The number of fused-ring (bicyclic) bond motifs is 2. The number of piperazine rings is 1. The molecule has 0 aliphatic carbocycles. The van der Waals surface area contributed by atoms with Crippen LogP contribution < -0.4 is 48.0 Å². The van der Waals surface area contributed by atoms with E-state index in [1.807, 2.05) is 0 Å². The van der Waals surface area contributed by atoms with Gasteiger partial charge in [0.25, 0.3) is 0 Å². The van der Waals surface area contributed by atoms with Crippen molar-refractivity contribution in [2.45, 2.75) is 37.8 Å². The smallest absolute Gasteiger partial charge is 0.102 e. The second kappa shape index (κ2) is 9.30. The Bertz CT molecular complexity index is 346. The fourth-order valence-corrected chi connectivity index (χ4v) is 4.69. The first-order valence-corrected chi connectivity index (χ1v) is 8.97. The van der Waals surface area contributed by atoms with Crippen molar-refractivity contribution in [1.29, 1.82) is 0 Å². The van der Waals surface area contributed by atoms with E-state index < -0.39 is 0 Å². The minimum absolute atomic E-state index is 0. The molecule has 0 spiro atoms. The average molecular weight is 551 g/mol. The minimum atomic E-state index is 0. The number of piperidine rings is 1. The zero-order valence-corrected chi connectivity index (χ0v) is 19.5. The van der Waals surface area contributed by atoms with Gasteiger partial charge in [0.2, 0.25) is 0 Å². The standard InChI is InChI=1S/C17H35N3O.2HI/c1-19(2)16-6-4-7-17(19)15-18(14-16)8-5-9-20(3)10-12-21-13-11-20;;/h16-17H,4-15H2,1-3H3;2*1H/q+2;;/p-2. The molecule has 0 radical (unpaired) electrons. The number of morpholine rings is 1. The lowest BCUT2D eigenvalue weighted by Crippen LogP contribution is -3.00. The molecule has 3 heterocycles. The van der Waals surface area contributed by atoms with Crippen LogP contribution in [0.15, 0.2) is 0 Å². The van der Waals surface area contributed by atoms with E-state index in [2.05, 4.69) is 26.0 Å². The largest absolute Gasteiger partial charge is 1.00 e. The minimum Gasteiger partial charge on any atom is -1.00 e. The van der Waals surface area contributed by atoms with E-state index in [0.29, 0.717) is 0 Å². The molecule has 23 heavy (non-hydrogen) atoms. The maximum absolute atomic E-state index is 5.51. The Morgan fingerprint density at radius 3 is 2.09 bits per heavy atom. The van der Waals surface area contributed by atoms with E-state index in [-0.39, 0.29) is 48.0 Å². The van der Waals surface area contributed by atoms with Crippen molar-refractivity contribution >= 4 is 0 Å². The summed E-state index contributed by atoms with van der Waals surface area (Å²) >= 11 is 0. The van der Waals surface area contributed by atoms with Gasteiger partial charge in [-0.1, -0.05) is 0 Å². The third-order valence-corrected chi connectivity index (χ3v) is 6.62. The zero-order valence-electron chi connectivity index (χ0n) is 15.1. The van der Waals surface area contributed by atoms with Gasteiger partial charge < -0.3 is 61.7 Å². The van der Waals surface area contributed by atoms with Gasteiger partial charge in [0.05, 0.1) is 54.0 Å². The molecule has 3 aliphatic rings. The lowest BCUT2D eigenvalue weighted by Gasteiger charge is -2.54. The van der Waals surface area contributed by atoms with E-state index >= 15 is 0 Å². The second-order valence-corrected chi connectivity index (χ2v) is 8.38. The van der Waals surface area contributed by atoms with Crippen LogP contribution in [-0.4, -0.2) is 99.6 Å². The van der Waals surface area contributed by atoms with Crippen LogP contribution in [0.3, 0.4) is 0 Å². The molecule has 3 rings (SSSR count). The zero-order chi connectivity index (χ0) is 14.9. The number of hydrogen-bond acceptors (Lipinski definition) is 2. The highest BCUT2D eigenvalue weighted by atomic mass is 127. The molecule has 0 amide bonds. The first-order valence-electron chi connectivity index (χ1n) is 8.97. The molecular formula is C17H35I2N3O. The van der Waals surface area contributed by atoms with E-state index in [4.69, 9.17) is 4.74 Å². The van der Waals surface area contributed by atoms with Crippen molar-refractivity contribution in [1.82, 2.24) is 4.90 Å². The highest BCUT2D eigenvalue weighted by Gasteiger charge is 2.45. The summed E-state index contributed by atoms with van der Waals surface area (Å²) in [6.07, 6.45) is 5.68. The molecular weight excluding hydrogens is 516 g/mol. The highest BCUT2D eigenvalue weighted by molar-refractivity contribution is 4.83. The number of nitrogens with zero attached hydrogens (tertiary/aromatic N) is 3. The molecule has 3 fully saturated rings. The Kier molecular flexibility index (Phi) is 9.03. The summed E-state index contributed by atoms with van der Waals surface area (Å²) in [5.74, 6) is 0. The van der Waals surface area contributed by atoms with Crippen LogP contribution in [0.2, 0.25) is 0 Å². The predicted molar refractivity (Wildman–Crippen MR) is 86.2 cm³/mol. The van der Waals surface area contributed by atoms with Crippen molar-refractivity contribution < 1.29 is 61.7 Å². The van der Waals surface area contributed by atoms with Crippen molar-refractivity contribution in [2.75, 3.05) is 73.6 Å². The van der Waals surface area contributed by atoms with Crippen molar-refractivity contribution in [3.63, 3.8) is 0 Å². The van der Waals surface area contributed by atoms with Gasteiger partial charge >= 0.3 is 0 Å². The van der Waals surface area contributed by atoms with Gasteiger partial charge in [0.1, 0.15) is 25.2 Å². The fraction of sp³-hybridized carbons (Fsp3) is 1.00. The first-order chi connectivity index (χ1) is 10.00. The number of hydrogen-bond donors (Lipinski definition) is 0. The second-order valence-electron chi connectivity index (χ2n) is 8.38. The van der Waals surface area contributed by atoms with Gasteiger partial charge in [-0.3, -0.25) is 4.90 Å². The quantitative estimate of drug-likeness (QED) is 0.257. The Labute approximate surface area is 177 Å². The Morgan fingerprint density at radius 2 is 1.52 bits per heavy atom. The van der Waals surface area contributed by atoms with E-state index in [0.717, 1.165) is 25.3 Å². The highest BCUT2D eigenvalue weighted by Crippen LogP contribution is 2.32. The summed E-state index contributed by atoms with van der Waals surface area (Å²) in [5, 5.41) is 0. The van der Waals surface area contributed by atoms with Gasteiger partial charge in [-0.2, -0.15) is 0 Å². The Balaban J connectivity index is 0.00000132.